The van der Waals surface area contributed by atoms with E-state index in [1.54, 1.807) is 42.5 Å². The van der Waals surface area contributed by atoms with E-state index in [1.165, 1.54) is 24.3 Å². The second-order valence-corrected chi connectivity index (χ2v) is 10.8. The van der Waals surface area contributed by atoms with Crippen molar-refractivity contribution in [2.75, 3.05) is 5.75 Å². The number of nitrogens with two attached hydrogens (primary N) is 1. The number of non-ortho nitro benzene ring substituents is 1. The van der Waals surface area contributed by atoms with Crippen LogP contribution in [-0.2, 0) is 27.2 Å². The summed E-state index contributed by atoms with van der Waals surface area (Å²) in [5, 5.41) is 29.1. The molecule has 0 saturated carbocycles. The van der Waals surface area contributed by atoms with Gasteiger partial charge >= 0.3 is 0 Å². The summed E-state index contributed by atoms with van der Waals surface area (Å²) < 4.78 is 0. The minimum Gasteiger partial charge on any atom is -0.508 e. The monoisotopic (exact) mass is 591 g/mol. The van der Waals surface area contributed by atoms with Crippen molar-refractivity contribution >= 4 is 41.1 Å². The smallest absolute Gasteiger partial charge is 0.270 e. The van der Waals surface area contributed by atoms with Gasteiger partial charge in [0, 0.05) is 35.6 Å². The first-order valence-electron chi connectivity index (χ1n) is 13.0. The molecule has 3 atom stereocenters. The van der Waals surface area contributed by atoms with Gasteiger partial charge in [0.15, 0.2) is 0 Å². The topological polar surface area (TPSA) is 194 Å². The molecule has 13 heteroatoms. The van der Waals surface area contributed by atoms with E-state index < -0.39 is 46.7 Å². The predicted molar refractivity (Wildman–Crippen MR) is 155 cm³/mol. The maximum atomic E-state index is 13.7. The molecular formula is C29H29N5O7S. The molecule has 0 spiro atoms. The Labute approximate surface area is 245 Å². The molecule has 1 heterocycles. The van der Waals surface area contributed by atoms with E-state index in [0.29, 0.717) is 10.5 Å². The number of amides is 4. The Morgan fingerprint density at radius 2 is 1.52 bits per heavy atom. The molecule has 218 valence electrons. The molecule has 0 bridgehead atoms. The van der Waals surface area contributed by atoms with Crippen LogP contribution in [0.5, 0.6) is 5.75 Å². The minimum atomic E-state index is -1.16. The number of aromatic hydroxyl groups is 1. The number of thioether (sulfide) groups is 1. The third-order valence-electron chi connectivity index (χ3n) is 6.66. The second-order valence-electron chi connectivity index (χ2n) is 9.69. The number of carbonyl (C=O) groups excluding carboxylic acids is 4. The van der Waals surface area contributed by atoms with Gasteiger partial charge in [-0.15, -0.1) is 11.8 Å². The minimum absolute atomic E-state index is 0.00238. The molecule has 0 saturated heterocycles. The fraction of sp³-hybridized carbons (Fsp3) is 0.241. The lowest BCUT2D eigenvalue weighted by Crippen LogP contribution is -2.57. The molecule has 1 aliphatic rings. The van der Waals surface area contributed by atoms with E-state index in [-0.39, 0.29) is 42.0 Å². The average molecular weight is 592 g/mol. The molecule has 12 nitrogen and oxygen atoms in total. The summed E-state index contributed by atoms with van der Waals surface area (Å²) >= 11 is 1.16. The van der Waals surface area contributed by atoms with Crippen LogP contribution in [0.4, 0.5) is 5.69 Å². The summed E-state index contributed by atoms with van der Waals surface area (Å²) in [7, 11) is 0. The third-order valence-corrected chi connectivity index (χ3v) is 7.76. The van der Waals surface area contributed by atoms with E-state index in [4.69, 9.17) is 5.73 Å². The molecule has 4 rings (SSSR count). The molecule has 0 aromatic heterocycles. The summed E-state index contributed by atoms with van der Waals surface area (Å²) in [5.41, 5.74) is 6.61. The van der Waals surface area contributed by atoms with E-state index in [2.05, 4.69) is 16.0 Å². The van der Waals surface area contributed by atoms with Gasteiger partial charge in [0.05, 0.1) is 10.5 Å². The second kappa shape index (κ2) is 13.6. The number of nitro benzene ring substituents is 1. The number of fused-ring (bicyclic) bond motifs is 1. The van der Waals surface area contributed by atoms with Gasteiger partial charge in [0.2, 0.25) is 17.7 Å². The number of primary amides is 1. The van der Waals surface area contributed by atoms with Crippen LogP contribution in [0.1, 0.15) is 27.9 Å². The van der Waals surface area contributed by atoms with Crippen molar-refractivity contribution in [3.63, 3.8) is 0 Å². The molecule has 1 aliphatic heterocycles. The number of phenols is 1. The summed E-state index contributed by atoms with van der Waals surface area (Å²) in [6, 6.07) is 15.4. The van der Waals surface area contributed by atoms with E-state index in [0.717, 1.165) is 23.4 Å². The van der Waals surface area contributed by atoms with Crippen LogP contribution in [0.15, 0.2) is 77.7 Å². The van der Waals surface area contributed by atoms with Crippen molar-refractivity contribution in [1.29, 1.82) is 0 Å². The Kier molecular flexibility index (Phi) is 9.76. The molecule has 3 aromatic rings. The third kappa shape index (κ3) is 7.85. The number of nitrogens with one attached hydrogen (secondary N) is 3. The van der Waals surface area contributed by atoms with E-state index in [1.807, 2.05) is 0 Å². The van der Waals surface area contributed by atoms with Crippen LogP contribution in [0, 0.1) is 10.1 Å². The van der Waals surface area contributed by atoms with Crippen molar-refractivity contribution in [3.8, 4) is 5.75 Å². The highest BCUT2D eigenvalue weighted by molar-refractivity contribution is 7.99. The number of carbonyl (C=O) groups is 4. The van der Waals surface area contributed by atoms with Crippen molar-refractivity contribution in [2.45, 2.75) is 42.3 Å². The number of benzene rings is 3. The first-order valence-corrected chi connectivity index (χ1v) is 14.0. The Bertz CT molecular complexity index is 1480. The highest BCUT2D eigenvalue weighted by atomic mass is 32.2. The van der Waals surface area contributed by atoms with Gasteiger partial charge in [-0.3, -0.25) is 29.3 Å². The van der Waals surface area contributed by atoms with E-state index in [9.17, 15) is 34.4 Å². The molecule has 0 aliphatic carbocycles. The number of hydrogen-bond acceptors (Lipinski definition) is 8. The quantitative estimate of drug-likeness (QED) is 0.212. The lowest BCUT2D eigenvalue weighted by molar-refractivity contribution is -0.384. The van der Waals surface area contributed by atoms with Crippen LogP contribution in [-0.4, -0.2) is 57.5 Å². The molecule has 6 N–H and O–H groups in total. The number of hydrogen-bond donors (Lipinski definition) is 5. The van der Waals surface area contributed by atoms with Gasteiger partial charge in [0.1, 0.15) is 23.9 Å². The fourth-order valence-corrected chi connectivity index (χ4v) is 5.47. The summed E-state index contributed by atoms with van der Waals surface area (Å²) in [6.45, 7) is 0. The van der Waals surface area contributed by atoms with Crippen LogP contribution < -0.4 is 21.7 Å². The molecule has 0 unspecified atom stereocenters. The number of nitrogens with zero attached hydrogens (tertiary/aromatic N) is 1. The zero-order chi connectivity index (χ0) is 30.2. The Balaban J connectivity index is 1.73. The average Bonchev–Trinajstić information content (AvgIpc) is 2.96. The SMILES string of the molecule is NC(=O)[C@@H]1CCSc2ccc([N+](=O)[O-])cc2C(=O)N[C@@H](Cc2ccccc2)C(=O)N[C@@H](Cc2ccc(O)cc2)C(=O)N1. The number of phenolic OH excluding ortho intramolecular Hbond substituents is 1. The van der Waals surface area contributed by atoms with Crippen LogP contribution in [0.3, 0.4) is 0 Å². The first-order chi connectivity index (χ1) is 20.1. The summed E-state index contributed by atoms with van der Waals surface area (Å²) in [4.78, 5) is 64.1. The molecule has 42 heavy (non-hydrogen) atoms. The Morgan fingerprint density at radius 1 is 0.905 bits per heavy atom. The van der Waals surface area contributed by atoms with E-state index >= 15 is 0 Å². The molecule has 0 radical (unpaired) electrons. The van der Waals surface area contributed by atoms with Crippen LogP contribution in [0.25, 0.3) is 0 Å². The predicted octanol–water partition coefficient (Wildman–Crippen LogP) is 1.83. The maximum Gasteiger partial charge on any atom is 0.270 e. The fourth-order valence-electron chi connectivity index (χ4n) is 4.42. The van der Waals surface area contributed by atoms with Gasteiger partial charge in [-0.1, -0.05) is 42.5 Å². The van der Waals surface area contributed by atoms with Crippen LogP contribution >= 0.6 is 11.8 Å². The Morgan fingerprint density at radius 3 is 2.17 bits per heavy atom. The highest BCUT2D eigenvalue weighted by Gasteiger charge is 2.31. The normalized spacial score (nSPS) is 19.8. The zero-order valence-electron chi connectivity index (χ0n) is 22.3. The largest absolute Gasteiger partial charge is 0.508 e. The first kappa shape index (κ1) is 30.1. The van der Waals surface area contributed by atoms with Crippen molar-refractivity contribution in [2.24, 2.45) is 5.73 Å². The lowest BCUT2D eigenvalue weighted by atomic mass is 10.0. The maximum absolute atomic E-state index is 13.7. The van der Waals surface area contributed by atoms with Crippen molar-refractivity contribution in [1.82, 2.24) is 16.0 Å². The van der Waals surface area contributed by atoms with Gasteiger partial charge < -0.3 is 26.8 Å². The van der Waals surface area contributed by atoms with Gasteiger partial charge in [0.25, 0.3) is 11.6 Å². The highest BCUT2D eigenvalue weighted by Crippen LogP contribution is 2.28. The number of nitro groups is 1. The molecule has 3 aromatic carbocycles. The van der Waals surface area contributed by atoms with Gasteiger partial charge in [-0.25, -0.2) is 0 Å². The molecule has 4 amide bonds. The van der Waals surface area contributed by atoms with Gasteiger partial charge in [-0.05, 0) is 35.7 Å². The van der Waals surface area contributed by atoms with Crippen molar-refractivity contribution < 1.29 is 29.2 Å². The van der Waals surface area contributed by atoms with Gasteiger partial charge in [-0.2, -0.15) is 0 Å². The Hall–Kier alpha value is -4.91. The number of rotatable bonds is 6. The molecular weight excluding hydrogens is 562 g/mol. The van der Waals surface area contributed by atoms with Crippen LogP contribution in [0.2, 0.25) is 0 Å². The van der Waals surface area contributed by atoms with Crippen molar-refractivity contribution in [3.05, 3.63) is 99.6 Å². The zero-order valence-corrected chi connectivity index (χ0v) is 23.1. The standard InChI is InChI=1S/C29H29N5O7S/c30-26(36)22-12-13-42-25-11-8-19(34(40)41)16-21(25)27(37)32-23(14-17-4-2-1-3-5-17)29(39)33-24(28(38)31-22)15-18-6-9-20(35)10-7-18/h1-11,16,22-24,35H,12-15H2,(H2,30,36)(H,31,38)(H,32,37)(H,33,39)/t22-,23-,24-/m0/s1. The molecule has 0 fully saturated rings. The lowest BCUT2D eigenvalue weighted by Gasteiger charge is -2.26. The summed E-state index contributed by atoms with van der Waals surface area (Å²) in [5.74, 6) is -2.55. The summed E-state index contributed by atoms with van der Waals surface area (Å²) in [6.07, 6.45) is 0.173.